The molecule has 0 bridgehead atoms. The van der Waals surface area contributed by atoms with Crippen LogP contribution in [0.1, 0.15) is 123 Å². The highest BCUT2D eigenvalue weighted by atomic mass is 19.2. The molecular weight excluding hydrogens is 507 g/mol. The van der Waals surface area contributed by atoms with Gasteiger partial charge in [0.15, 0.2) is 28.7 Å². The summed E-state index contributed by atoms with van der Waals surface area (Å²) in [7, 11) is 0. The van der Waals surface area contributed by atoms with Crippen LogP contribution in [0.15, 0.2) is 0 Å². The highest BCUT2D eigenvalue weighted by molar-refractivity contribution is 5.99. The lowest BCUT2D eigenvalue weighted by Gasteiger charge is -2.21. The fourth-order valence-electron chi connectivity index (χ4n) is 4.00. The van der Waals surface area contributed by atoms with Crippen molar-refractivity contribution in [2.75, 3.05) is 6.61 Å². The number of benzene rings is 1. The van der Waals surface area contributed by atoms with Crippen molar-refractivity contribution >= 4 is 11.9 Å². The summed E-state index contributed by atoms with van der Waals surface area (Å²) >= 11 is 0. The first-order valence-electron chi connectivity index (χ1n) is 13.9. The maximum absolute atomic E-state index is 13.7. The number of hydrogen-bond acceptors (Lipinski definition) is 4. The van der Waals surface area contributed by atoms with E-state index in [1.807, 2.05) is 0 Å². The molecule has 1 aromatic rings. The van der Waals surface area contributed by atoms with Gasteiger partial charge in [0.2, 0.25) is 5.82 Å². The predicted molar refractivity (Wildman–Crippen MR) is 136 cm³/mol. The molecule has 0 amide bonds. The zero-order valence-corrected chi connectivity index (χ0v) is 23.0. The van der Waals surface area contributed by atoms with Crippen molar-refractivity contribution in [1.82, 2.24) is 0 Å². The largest absolute Gasteiger partial charge is 0.465 e. The van der Waals surface area contributed by atoms with E-state index in [4.69, 9.17) is 4.74 Å². The van der Waals surface area contributed by atoms with Gasteiger partial charge in [0, 0.05) is 0 Å². The molecule has 1 aromatic carbocycles. The second-order valence-electron chi connectivity index (χ2n) is 10.3. The molecule has 0 saturated carbocycles. The van der Waals surface area contributed by atoms with Crippen LogP contribution >= 0.6 is 0 Å². The smallest absolute Gasteiger partial charge is 0.323 e. The number of carbonyl (C=O) groups excluding carboxylic acids is 2. The Morgan fingerprint density at radius 1 is 0.553 bits per heavy atom. The lowest BCUT2D eigenvalue weighted by Crippen LogP contribution is -2.36. The number of halogens is 5. The molecular formula is C29H43F5O4. The van der Waals surface area contributed by atoms with Crippen molar-refractivity contribution in [1.29, 1.82) is 0 Å². The van der Waals surface area contributed by atoms with Gasteiger partial charge in [0.1, 0.15) is 6.61 Å². The van der Waals surface area contributed by atoms with Crippen molar-refractivity contribution < 1.29 is 41.0 Å². The van der Waals surface area contributed by atoms with Gasteiger partial charge in [-0.15, -0.1) is 0 Å². The topological polar surface area (TPSA) is 52.6 Å². The van der Waals surface area contributed by atoms with Gasteiger partial charge in [-0.1, -0.05) is 96.8 Å². The first-order valence-corrected chi connectivity index (χ1v) is 13.9. The van der Waals surface area contributed by atoms with Crippen LogP contribution in [0.3, 0.4) is 0 Å². The summed E-state index contributed by atoms with van der Waals surface area (Å²) in [5.41, 5.74) is -3.11. The molecule has 0 unspecified atom stereocenters. The van der Waals surface area contributed by atoms with Crippen molar-refractivity contribution in [2.24, 2.45) is 5.41 Å². The molecule has 38 heavy (non-hydrogen) atoms. The van der Waals surface area contributed by atoms with Crippen molar-refractivity contribution in [3.05, 3.63) is 34.6 Å². The Bertz CT molecular complexity index is 844. The summed E-state index contributed by atoms with van der Waals surface area (Å²) in [5.74, 6) is -12.9. The quantitative estimate of drug-likeness (QED) is 0.0406. The number of hydrogen-bond donors (Lipinski definition) is 0. The van der Waals surface area contributed by atoms with Crippen LogP contribution in [-0.4, -0.2) is 18.5 Å². The molecule has 9 heteroatoms. The minimum absolute atomic E-state index is 0.103. The standard InChI is InChI=1S/C29H43F5O4/c1-4-5-6-7-8-9-10-11-12-13-14-15-16-17-18-19-37-27(35)29(2,3)28(36)38-20-21-22(30)24(32)26(34)25(33)23(21)31/h4-20H2,1-3H3. The van der Waals surface area contributed by atoms with Crippen LogP contribution in [0, 0.1) is 34.5 Å². The molecule has 4 nitrogen and oxygen atoms in total. The normalized spacial score (nSPS) is 11.6. The molecule has 0 heterocycles. The minimum atomic E-state index is -2.31. The Kier molecular flexibility index (Phi) is 16.2. The number of ether oxygens (including phenoxy) is 2. The molecule has 0 saturated heterocycles. The fourth-order valence-corrected chi connectivity index (χ4v) is 4.00. The van der Waals surface area contributed by atoms with Crippen molar-refractivity contribution in [3.63, 3.8) is 0 Å². The second kappa shape index (κ2) is 18.2. The first-order chi connectivity index (χ1) is 18.1. The third kappa shape index (κ3) is 11.3. The van der Waals surface area contributed by atoms with Crippen LogP contribution in [0.4, 0.5) is 22.0 Å². The summed E-state index contributed by atoms with van der Waals surface area (Å²) in [5, 5.41) is 0. The van der Waals surface area contributed by atoms with Gasteiger partial charge >= 0.3 is 11.9 Å². The third-order valence-corrected chi connectivity index (χ3v) is 6.65. The third-order valence-electron chi connectivity index (χ3n) is 6.65. The van der Waals surface area contributed by atoms with Gasteiger partial charge in [0.25, 0.3) is 0 Å². The Balaban J connectivity index is 2.19. The molecule has 0 spiro atoms. The van der Waals surface area contributed by atoms with Gasteiger partial charge < -0.3 is 9.47 Å². The van der Waals surface area contributed by atoms with E-state index in [0.717, 1.165) is 19.3 Å². The molecule has 0 aliphatic carbocycles. The minimum Gasteiger partial charge on any atom is -0.465 e. The summed E-state index contributed by atoms with van der Waals surface area (Å²) in [6, 6.07) is 0. The maximum atomic E-state index is 13.7. The lowest BCUT2D eigenvalue weighted by molar-refractivity contribution is -0.170. The number of carbonyl (C=O) groups is 2. The van der Waals surface area contributed by atoms with Crippen LogP contribution in [0.25, 0.3) is 0 Å². The molecule has 0 radical (unpaired) electrons. The van der Waals surface area contributed by atoms with Crippen molar-refractivity contribution in [3.8, 4) is 0 Å². The van der Waals surface area contributed by atoms with E-state index >= 15 is 0 Å². The van der Waals surface area contributed by atoms with E-state index in [9.17, 15) is 31.5 Å². The van der Waals surface area contributed by atoms with Crippen LogP contribution in [-0.2, 0) is 25.7 Å². The van der Waals surface area contributed by atoms with Gasteiger partial charge in [0.05, 0.1) is 12.2 Å². The average Bonchev–Trinajstić information content (AvgIpc) is 2.90. The molecule has 1 rings (SSSR count). The van der Waals surface area contributed by atoms with E-state index in [2.05, 4.69) is 11.7 Å². The lowest BCUT2D eigenvalue weighted by atomic mass is 9.94. The van der Waals surface area contributed by atoms with Gasteiger partial charge in [-0.2, -0.15) is 0 Å². The van der Waals surface area contributed by atoms with Crippen LogP contribution < -0.4 is 0 Å². The summed E-state index contributed by atoms with van der Waals surface area (Å²) in [6.45, 7) is 3.50. The Hall–Kier alpha value is -2.19. The Morgan fingerprint density at radius 3 is 1.32 bits per heavy atom. The van der Waals surface area contributed by atoms with Gasteiger partial charge in [-0.05, 0) is 20.3 Å². The SMILES string of the molecule is CCCCCCCCCCCCCCCCCOC(=O)C(C)(C)C(=O)OCc1c(F)c(F)c(F)c(F)c1F. The van der Waals surface area contributed by atoms with E-state index in [-0.39, 0.29) is 6.61 Å². The molecule has 0 N–H and O–H groups in total. The predicted octanol–water partition coefficient (Wildman–Crippen LogP) is 8.87. The van der Waals surface area contributed by atoms with E-state index in [1.54, 1.807) is 0 Å². The summed E-state index contributed by atoms with van der Waals surface area (Å²) < 4.78 is 77.1. The van der Waals surface area contributed by atoms with Gasteiger partial charge in [-0.3, -0.25) is 9.59 Å². The molecule has 218 valence electrons. The molecule has 0 fully saturated rings. The molecule has 0 atom stereocenters. The number of unbranched alkanes of at least 4 members (excludes halogenated alkanes) is 14. The summed E-state index contributed by atoms with van der Waals surface area (Å²) in [4.78, 5) is 24.6. The number of rotatable bonds is 20. The van der Waals surface area contributed by atoms with Gasteiger partial charge in [-0.25, -0.2) is 22.0 Å². The Labute approximate surface area is 223 Å². The zero-order chi connectivity index (χ0) is 28.6. The van der Waals surface area contributed by atoms with E-state index in [0.29, 0.717) is 6.42 Å². The highest BCUT2D eigenvalue weighted by Crippen LogP contribution is 2.26. The highest BCUT2D eigenvalue weighted by Gasteiger charge is 2.40. The summed E-state index contributed by atoms with van der Waals surface area (Å²) in [6.07, 6.45) is 17.9. The van der Waals surface area contributed by atoms with E-state index < -0.39 is 58.6 Å². The fraction of sp³-hybridized carbons (Fsp3) is 0.724. The maximum Gasteiger partial charge on any atom is 0.323 e. The monoisotopic (exact) mass is 550 g/mol. The van der Waals surface area contributed by atoms with Crippen LogP contribution in [0.2, 0.25) is 0 Å². The number of esters is 2. The average molecular weight is 551 g/mol. The van der Waals surface area contributed by atoms with Crippen LogP contribution in [0.5, 0.6) is 0 Å². The first kappa shape index (κ1) is 33.8. The molecule has 0 aromatic heterocycles. The van der Waals surface area contributed by atoms with E-state index in [1.165, 1.54) is 84.5 Å². The Morgan fingerprint density at radius 2 is 0.895 bits per heavy atom. The van der Waals surface area contributed by atoms with Crippen molar-refractivity contribution in [2.45, 2.75) is 124 Å². The zero-order valence-electron chi connectivity index (χ0n) is 23.0. The molecule has 0 aliphatic heterocycles. The second-order valence-corrected chi connectivity index (χ2v) is 10.3. The molecule has 0 aliphatic rings.